The van der Waals surface area contributed by atoms with Crippen molar-refractivity contribution >= 4 is 23.9 Å². The first-order valence-electron chi connectivity index (χ1n) is 12.0. The molecule has 0 atom stereocenters. The van der Waals surface area contributed by atoms with Crippen molar-refractivity contribution in [2.75, 3.05) is 0 Å². The second-order valence-corrected chi connectivity index (χ2v) is 10.6. The molecule has 0 heterocycles. The van der Waals surface area contributed by atoms with Crippen LogP contribution in [0.5, 0.6) is 0 Å². The molecule has 2 aromatic rings. The smallest absolute Gasteiger partial charge is 1.00 e. The van der Waals surface area contributed by atoms with Crippen LogP contribution in [0.15, 0.2) is 24.3 Å². The molecule has 184 valence electrons. The Balaban J connectivity index is -0.000000500. The summed E-state index contributed by atoms with van der Waals surface area (Å²) in [6, 6.07) is 16.3. The molecule has 0 aliphatic rings. The SMILES string of the molecule is CC(C)c1[c]c(C(C)C)cc(C(C)C)c1.CC(C)c1[c]c(C(C)C)cc(C(C)C)c1.[Cl-].[Cl-].[Sn+2]. The van der Waals surface area contributed by atoms with Crippen LogP contribution in [0.2, 0.25) is 0 Å². The molecule has 3 heteroatoms. The summed E-state index contributed by atoms with van der Waals surface area (Å²) in [7, 11) is 0. The van der Waals surface area contributed by atoms with E-state index in [1.807, 2.05) is 0 Å². The van der Waals surface area contributed by atoms with Gasteiger partial charge in [0.15, 0.2) is 0 Å². The summed E-state index contributed by atoms with van der Waals surface area (Å²) in [5.74, 6) is 3.49. The summed E-state index contributed by atoms with van der Waals surface area (Å²) in [4.78, 5) is 0. The fourth-order valence-electron chi connectivity index (χ4n) is 3.19. The molecule has 0 amide bonds. The van der Waals surface area contributed by atoms with Crippen LogP contribution in [0.1, 0.15) is 152 Å². The van der Waals surface area contributed by atoms with Gasteiger partial charge in [0.05, 0.1) is 0 Å². The minimum Gasteiger partial charge on any atom is -1.00 e. The number of benzene rings is 2. The van der Waals surface area contributed by atoms with Gasteiger partial charge in [-0.15, -0.1) is 0 Å². The molecule has 0 saturated heterocycles. The zero-order valence-electron chi connectivity index (χ0n) is 23.0. The summed E-state index contributed by atoms with van der Waals surface area (Å²) in [6.07, 6.45) is 0. The molecule has 2 rings (SSSR count). The van der Waals surface area contributed by atoms with E-state index in [4.69, 9.17) is 0 Å². The summed E-state index contributed by atoms with van der Waals surface area (Å²) in [5.41, 5.74) is 8.30. The van der Waals surface area contributed by atoms with Gasteiger partial charge in [0.1, 0.15) is 0 Å². The van der Waals surface area contributed by atoms with Gasteiger partial charge in [-0.2, -0.15) is 0 Å². The molecule has 0 aromatic heterocycles. The predicted molar refractivity (Wildman–Crippen MR) is 141 cm³/mol. The molecular formula is C30H46Cl2Sn. The second kappa shape index (κ2) is 17.3. The van der Waals surface area contributed by atoms with Crippen molar-refractivity contribution in [2.45, 2.75) is 119 Å². The van der Waals surface area contributed by atoms with E-state index < -0.39 is 0 Å². The molecular weight excluding hydrogens is 550 g/mol. The Labute approximate surface area is 235 Å². The molecule has 0 saturated carbocycles. The Kier molecular flexibility index (Phi) is 19.6. The van der Waals surface area contributed by atoms with Crippen LogP contribution in [-0.2, 0) is 0 Å². The molecule has 0 nitrogen and oxygen atoms in total. The van der Waals surface area contributed by atoms with Gasteiger partial charge in [0, 0.05) is 0 Å². The molecule has 4 radical (unpaired) electrons. The fourth-order valence-corrected chi connectivity index (χ4v) is 3.19. The molecule has 0 aliphatic carbocycles. The minimum atomic E-state index is 0. The first kappa shape index (κ1) is 37.4. The molecule has 0 spiro atoms. The van der Waals surface area contributed by atoms with Gasteiger partial charge in [-0.05, 0) is 81.0 Å². The van der Waals surface area contributed by atoms with E-state index in [0.29, 0.717) is 35.5 Å². The van der Waals surface area contributed by atoms with Gasteiger partial charge in [-0.3, -0.25) is 0 Å². The first-order valence-corrected chi connectivity index (χ1v) is 12.0. The number of halogens is 2. The topological polar surface area (TPSA) is 0 Å². The third-order valence-corrected chi connectivity index (χ3v) is 5.69. The normalized spacial score (nSPS) is 10.7. The van der Waals surface area contributed by atoms with Crippen LogP contribution in [0, 0.1) is 12.1 Å². The Hall–Kier alpha value is -0.181. The quantitative estimate of drug-likeness (QED) is 0.450. The van der Waals surface area contributed by atoms with E-state index in [1.165, 1.54) is 33.4 Å². The Morgan fingerprint density at radius 1 is 0.394 bits per heavy atom. The molecule has 0 aliphatic heterocycles. The molecule has 0 N–H and O–H groups in total. The average Bonchev–Trinajstić information content (AvgIpc) is 2.67. The summed E-state index contributed by atoms with van der Waals surface area (Å²) >= 11 is 0. The zero-order chi connectivity index (χ0) is 23.2. The van der Waals surface area contributed by atoms with Crippen molar-refractivity contribution < 1.29 is 24.8 Å². The van der Waals surface area contributed by atoms with Crippen molar-refractivity contribution in [1.82, 2.24) is 0 Å². The van der Waals surface area contributed by atoms with Crippen LogP contribution in [0.4, 0.5) is 0 Å². The van der Waals surface area contributed by atoms with Gasteiger partial charge in [0.2, 0.25) is 0 Å². The Bertz CT molecular complexity index is 593. The van der Waals surface area contributed by atoms with Gasteiger partial charge in [0.25, 0.3) is 0 Å². The average molecular weight is 596 g/mol. The van der Waals surface area contributed by atoms with E-state index in [9.17, 15) is 0 Å². The third kappa shape index (κ3) is 12.4. The van der Waals surface area contributed by atoms with E-state index in [-0.39, 0.29) is 48.7 Å². The molecule has 2 aromatic carbocycles. The van der Waals surface area contributed by atoms with Crippen molar-refractivity contribution in [3.63, 3.8) is 0 Å². The van der Waals surface area contributed by atoms with Gasteiger partial charge in [-0.25, -0.2) is 0 Å². The second-order valence-electron chi connectivity index (χ2n) is 10.6. The van der Waals surface area contributed by atoms with E-state index in [2.05, 4.69) is 119 Å². The van der Waals surface area contributed by atoms with Crippen LogP contribution < -0.4 is 24.8 Å². The van der Waals surface area contributed by atoms with Gasteiger partial charge >= 0.3 is 23.9 Å². The number of hydrogen-bond acceptors (Lipinski definition) is 0. The first-order chi connectivity index (χ1) is 13.8. The number of rotatable bonds is 6. The van der Waals surface area contributed by atoms with Crippen LogP contribution in [-0.4, -0.2) is 23.9 Å². The zero-order valence-corrected chi connectivity index (χ0v) is 27.4. The number of hydrogen-bond donors (Lipinski definition) is 0. The van der Waals surface area contributed by atoms with Crippen molar-refractivity contribution in [1.29, 1.82) is 0 Å². The van der Waals surface area contributed by atoms with E-state index in [0.717, 1.165) is 0 Å². The fraction of sp³-hybridized carbons (Fsp3) is 0.600. The van der Waals surface area contributed by atoms with Crippen molar-refractivity contribution in [2.24, 2.45) is 0 Å². The molecule has 0 bridgehead atoms. The summed E-state index contributed by atoms with van der Waals surface area (Å²) in [6.45, 7) is 26.9. The predicted octanol–water partition coefficient (Wildman–Crippen LogP) is 3.34. The summed E-state index contributed by atoms with van der Waals surface area (Å²) in [5, 5.41) is 0. The summed E-state index contributed by atoms with van der Waals surface area (Å²) < 4.78 is 0. The Morgan fingerprint density at radius 3 is 0.697 bits per heavy atom. The van der Waals surface area contributed by atoms with Crippen LogP contribution in [0.3, 0.4) is 0 Å². The Morgan fingerprint density at radius 2 is 0.576 bits per heavy atom. The van der Waals surface area contributed by atoms with Gasteiger partial charge in [-0.1, -0.05) is 107 Å². The standard InChI is InChI=1S/2C15H23.2ClH.Sn/c2*1-10(2)13-7-14(11(3)4)9-15(8-13)12(5)6;;;/h2*7-8,10-12H,1-6H3;2*1H;/q;;;;+2/p-2. The maximum Gasteiger partial charge on any atom is 2.00 e. The third-order valence-electron chi connectivity index (χ3n) is 5.69. The molecule has 33 heavy (non-hydrogen) atoms. The maximum atomic E-state index is 3.54. The molecule has 0 unspecified atom stereocenters. The van der Waals surface area contributed by atoms with E-state index in [1.54, 1.807) is 0 Å². The monoisotopic (exact) mass is 596 g/mol. The van der Waals surface area contributed by atoms with Crippen LogP contribution in [0.25, 0.3) is 0 Å². The van der Waals surface area contributed by atoms with Crippen molar-refractivity contribution in [3.8, 4) is 0 Å². The largest absolute Gasteiger partial charge is 2.00 e. The minimum absolute atomic E-state index is 0. The van der Waals surface area contributed by atoms with Gasteiger partial charge < -0.3 is 24.8 Å². The van der Waals surface area contributed by atoms with Crippen molar-refractivity contribution in [3.05, 3.63) is 69.8 Å². The van der Waals surface area contributed by atoms with E-state index >= 15 is 0 Å². The van der Waals surface area contributed by atoms with Crippen LogP contribution >= 0.6 is 0 Å². The molecule has 0 fully saturated rings. The maximum absolute atomic E-state index is 3.54.